The summed E-state index contributed by atoms with van der Waals surface area (Å²) in [6.45, 7) is 6.58. The summed E-state index contributed by atoms with van der Waals surface area (Å²) in [5, 5.41) is 0. The number of carbonyl (C=O) groups is 1. The van der Waals surface area contributed by atoms with Gasteiger partial charge in [-0.15, -0.1) is 0 Å². The molecule has 0 radical (unpaired) electrons. The number of pyridine rings is 1. The quantitative estimate of drug-likeness (QED) is 0.595. The summed E-state index contributed by atoms with van der Waals surface area (Å²) < 4.78 is 2.00. The van der Waals surface area contributed by atoms with Crippen molar-refractivity contribution in [1.82, 2.24) is 4.40 Å². The van der Waals surface area contributed by atoms with Gasteiger partial charge < -0.3 is 4.40 Å². The van der Waals surface area contributed by atoms with Crippen molar-refractivity contribution in [3.05, 3.63) is 65.5 Å². The Kier molecular flexibility index (Phi) is 4.33. The summed E-state index contributed by atoms with van der Waals surface area (Å²) in [5.41, 5.74) is 6.46. The van der Waals surface area contributed by atoms with Crippen molar-refractivity contribution in [3.8, 4) is 11.1 Å². The van der Waals surface area contributed by atoms with Gasteiger partial charge in [-0.05, 0) is 47.6 Å². The number of carbonyl (C=O) groups excluding carboxylic acids is 1. The van der Waals surface area contributed by atoms with E-state index in [1.807, 2.05) is 4.40 Å². The smallest absolute Gasteiger partial charge is 0.167 e. The van der Waals surface area contributed by atoms with Crippen LogP contribution in [0.3, 0.4) is 0 Å². The molecule has 2 heteroatoms. The maximum Gasteiger partial charge on any atom is 0.167 e. The second-order valence-corrected chi connectivity index (χ2v) is 6.54. The van der Waals surface area contributed by atoms with E-state index in [9.17, 15) is 4.79 Å². The van der Waals surface area contributed by atoms with E-state index >= 15 is 0 Å². The maximum absolute atomic E-state index is 11.7. The fourth-order valence-corrected chi connectivity index (χ4v) is 3.09. The Balaban J connectivity index is 2.06. The Morgan fingerprint density at radius 3 is 2.35 bits per heavy atom. The standard InChI is InChI=1S/C21H23NO/c1-4-16-7-10-19-12-20(21(14-23)22(19)13-16)18-8-5-17(6-9-18)11-15(2)3/h5-10,12-15H,4,11H2,1-3H3. The van der Waals surface area contributed by atoms with Crippen LogP contribution in [-0.2, 0) is 12.8 Å². The lowest BCUT2D eigenvalue weighted by Gasteiger charge is -2.06. The molecule has 0 saturated carbocycles. The van der Waals surface area contributed by atoms with Gasteiger partial charge in [0.05, 0.1) is 5.69 Å². The lowest BCUT2D eigenvalue weighted by Crippen LogP contribution is -1.95. The Labute approximate surface area is 137 Å². The van der Waals surface area contributed by atoms with Crippen LogP contribution in [0.5, 0.6) is 0 Å². The van der Waals surface area contributed by atoms with Gasteiger partial charge in [-0.1, -0.05) is 51.1 Å². The predicted octanol–water partition coefficient (Wildman–Crippen LogP) is 5.18. The van der Waals surface area contributed by atoms with E-state index in [-0.39, 0.29) is 0 Å². The molecule has 0 aliphatic carbocycles. The van der Waals surface area contributed by atoms with Gasteiger partial charge in [-0.2, -0.15) is 0 Å². The number of aromatic nitrogens is 1. The third-order valence-electron chi connectivity index (χ3n) is 4.30. The first-order valence-electron chi connectivity index (χ1n) is 8.31. The van der Waals surface area contributed by atoms with E-state index in [0.717, 1.165) is 41.5 Å². The Morgan fingerprint density at radius 2 is 1.74 bits per heavy atom. The highest BCUT2D eigenvalue weighted by molar-refractivity contribution is 5.89. The topological polar surface area (TPSA) is 21.5 Å². The fraction of sp³-hybridized carbons (Fsp3) is 0.286. The lowest BCUT2D eigenvalue weighted by molar-refractivity contribution is 0.111. The fourth-order valence-electron chi connectivity index (χ4n) is 3.09. The summed E-state index contributed by atoms with van der Waals surface area (Å²) >= 11 is 0. The van der Waals surface area contributed by atoms with E-state index < -0.39 is 0 Å². The van der Waals surface area contributed by atoms with E-state index in [1.54, 1.807) is 0 Å². The molecule has 0 amide bonds. The van der Waals surface area contributed by atoms with Gasteiger partial charge in [0.1, 0.15) is 0 Å². The monoisotopic (exact) mass is 305 g/mol. The SMILES string of the molecule is CCc1ccc2cc(-c3ccc(CC(C)C)cc3)c(C=O)n2c1. The normalized spacial score (nSPS) is 11.3. The zero-order valence-corrected chi connectivity index (χ0v) is 14.0. The van der Waals surface area contributed by atoms with Crippen molar-refractivity contribution in [2.75, 3.05) is 0 Å². The van der Waals surface area contributed by atoms with Crippen LogP contribution >= 0.6 is 0 Å². The summed E-state index contributed by atoms with van der Waals surface area (Å²) in [5.74, 6) is 0.649. The van der Waals surface area contributed by atoms with Crippen molar-refractivity contribution >= 4 is 11.8 Å². The predicted molar refractivity (Wildman–Crippen MR) is 96.1 cm³/mol. The number of nitrogens with zero attached hydrogens (tertiary/aromatic N) is 1. The highest BCUT2D eigenvalue weighted by Crippen LogP contribution is 2.28. The van der Waals surface area contributed by atoms with Gasteiger partial charge in [0, 0.05) is 17.3 Å². The first kappa shape index (κ1) is 15.5. The van der Waals surface area contributed by atoms with Crippen LogP contribution in [0.15, 0.2) is 48.7 Å². The molecule has 0 N–H and O–H groups in total. The third kappa shape index (κ3) is 3.07. The van der Waals surface area contributed by atoms with Gasteiger partial charge in [0.25, 0.3) is 0 Å². The molecule has 3 aromatic rings. The van der Waals surface area contributed by atoms with E-state index in [1.165, 1.54) is 11.1 Å². The minimum Gasteiger partial charge on any atom is -0.313 e. The van der Waals surface area contributed by atoms with Crippen LogP contribution < -0.4 is 0 Å². The number of hydrogen-bond acceptors (Lipinski definition) is 1. The van der Waals surface area contributed by atoms with E-state index in [4.69, 9.17) is 0 Å². The van der Waals surface area contributed by atoms with E-state index in [2.05, 4.69) is 69.4 Å². The van der Waals surface area contributed by atoms with Gasteiger partial charge in [-0.25, -0.2) is 0 Å². The summed E-state index contributed by atoms with van der Waals surface area (Å²) in [6, 6.07) is 14.9. The summed E-state index contributed by atoms with van der Waals surface area (Å²) in [6.07, 6.45) is 5.07. The molecule has 0 saturated heterocycles. The van der Waals surface area contributed by atoms with Crippen molar-refractivity contribution in [1.29, 1.82) is 0 Å². The van der Waals surface area contributed by atoms with Crippen LogP contribution in [0.25, 0.3) is 16.6 Å². The second kappa shape index (κ2) is 6.41. The third-order valence-corrected chi connectivity index (χ3v) is 4.30. The van der Waals surface area contributed by atoms with Crippen LogP contribution in [-0.4, -0.2) is 10.7 Å². The molecule has 23 heavy (non-hydrogen) atoms. The molecule has 2 nitrogen and oxygen atoms in total. The molecule has 2 heterocycles. The molecule has 0 unspecified atom stereocenters. The first-order chi connectivity index (χ1) is 11.1. The maximum atomic E-state index is 11.7. The van der Waals surface area contributed by atoms with Crippen LogP contribution in [0.4, 0.5) is 0 Å². The van der Waals surface area contributed by atoms with Gasteiger partial charge >= 0.3 is 0 Å². The number of hydrogen-bond donors (Lipinski definition) is 0. The summed E-state index contributed by atoms with van der Waals surface area (Å²) in [7, 11) is 0. The molecule has 0 fully saturated rings. The first-order valence-corrected chi connectivity index (χ1v) is 8.31. The lowest BCUT2D eigenvalue weighted by atomic mass is 9.99. The molecule has 1 aromatic carbocycles. The number of benzene rings is 1. The molecular formula is C21H23NO. The van der Waals surface area contributed by atoms with Crippen molar-refractivity contribution in [3.63, 3.8) is 0 Å². The Bertz CT molecular complexity index is 825. The zero-order chi connectivity index (χ0) is 16.4. The average molecular weight is 305 g/mol. The molecule has 0 bridgehead atoms. The highest BCUT2D eigenvalue weighted by atomic mass is 16.1. The van der Waals surface area contributed by atoms with Crippen molar-refractivity contribution in [2.45, 2.75) is 33.6 Å². The minimum absolute atomic E-state index is 0.649. The number of rotatable bonds is 5. The van der Waals surface area contributed by atoms with Gasteiger partial charge in [-0.3, -0.25) is 4.79 Å². The number of fused-ring (bicyclic) bond motifs is 1. The largest absolute Gasteiger partial charge is 0.313 e. The van der Waals surface area contributed by atoms with Gasteiger partial charge in [0.2, 0.25) is 0 Å². The molecule has 2 aromatic heterocycles. The number of aldehydes is 1. The molecule has 118 valence electrons. The van der Waals surface area contributed by atoms with Crippen LogP contribution in [0.2, 0.25) is 0 Å². The zero-order valence-electron chi connectivity index (χ0n) is 14.0. The number of aryl methyl sites for hydroxylation is 1. The molecule has 3 rings (SSSR count). The van der Waals surface area contributed by atoms with E-state index in [0.29, 0.717) is 5.92 Å². The van der Waals surface area contributed by atoms with Gasteiger partial charge in [0.15, 0.2) is 6.29 Å². The minimum atomic E-state index is 0.649. The second-order valence-electron chi connectivity index (χ2n) is 6.54. The molecular weight excluding hydrogens is 282 g/mol. The molecule has 0 spiro atoms. The molecule has 0 atom stereocenters. The van der Waals surface area contributed by atoms with Crippen LogP contribution in [0.1, 0.15) is 42.4 Å². The molecule has 0 aliphatic rings. The Hall–Kier alpha value is -2.35. The van der Waals surface area contributed by atoms with Crippen molar-refractivity contribution in [2.24, 2.45) is 5.92 Å². The average Bonchev–Trinajstić information content (AvgIpc) is 2.92. The molecule has 0 aliphatic heterocycles. The summed E-state index contributed by atoms with van der Waals surface area (Å²) in [4.78, 5) is 11.7. The van der Waals surface area contributed by atoms with Crippen molar-refractivity contribution < 1.29 is 4.79 Å². The van der Waals surface area contributed by atoms with Crippen LogP contribution in [0, 0.1) is 5.92 Å². The Morgan fingerprint density at radius 1 is 1.04 bits per heavy atom. The highest BCUT2D eigenvalue weighted by Gasteiger charge is 2.12.